The smallest absolute Gasteiger partial charge is 0.0897 e. The zero-order chi connectivity index (χ0) is 12.7. The highest BCUT2D eigenvalue weighted by Crippen LogP contribution is 2.11. The highest BCUT2D eigenvalue weighted by Gasteiger charge is 2.18. The minimum absolute atomic E-state index is 0.0382. The van der Waals surface area contributed by atoms with Gasteiger partial charge >= 0.3 is 0 Å². The van der Waals surface area contributed by atoms with E-state index in [9.17, 15) is 5.11 Å². The van der Waals surface area contributed by atoms with Crippen LogP contribution in [0.1, 0.15) is 26.7 Å². The van der Waals surface area contributed by atoms with Crippen molar-refractivity contribution in [2.45, 2.75) is 44.4 Å². The maximum atomic E-state index is 9.67. The molecule has 3 N–H and O–H groups in total. The number of aliphatic hydroxyl groups excluding tert-OH is 2. The van der Waals surface area contributed by atoms with Gasteiger partial charge in [0.25, 0.3) is 0 Å². The van der Waals surface area contributed by atoms with Crippen LogP contribution in [0.5, 0.6) is 0 Å². The molecule has 0 amide bonds. The molecule has 0 aromatic heterocycles. The molecule has 1 aliphatic rings. The van der Waals surface area contributed by atoms with Gasteiger partial charge in [-0.15, -0.1) is 0 Å². The van der Waals surface area contributed by atoms with Crippen LogP contribution < -0.4 is 5.32 Å². The van der Waals surface area contributed by atoms with E-state index in [2.05, 4.69) is 5.32 Å². The fraction of sp³-hybridized carbons (Fsp3) is 1.00. The summed E-state index contributed by atoms with van der Waals surface area (Å²) < 4.78 is 10.8. The fourth-order valence-corrected chi connectivity index (χ4v) is 1.62. The van der Waals surface area contributed by atoms with Crippen LogP contribution in [-0.2, 0) is 9.47 Å². The third-order valence-corrected chi connectivity index (χ3v) is 2.85. The van der Waals surface area contributed by atoms with Gasteiger partial charge in [-0.25, -0.2) is 0 Å². The first kappa shape index (κ1) is 14.9. The van der Waals surface area contributed by atoms with Crippen LogP contribution in [0.25, 0.3) is 0 Å². The van der Waals surface area contributed by atoms with Crippen LogP contribution in [0.4, 0.5) is 0 Å². The zero-order valence-corrected chi connectivity index (χ0v) is 10.8. The van der Waals surface area contributed by atoms with Crippen molar-refractivity contribution in [3.05, 3.63) is 0 Å². The molecule has 1 fully saturated rings. The van der Waals surface area contributed by atoms with Crippen molar-refractivity contribution in [3.63, 3.8) is 0 Å². The lowest BCUT2D eigenvalue weighted by Gasteiger charge is -2.25. The van der Waals surface area contributed by atoms with E-state index in [1.807, 2.05) is 13.8 Å². The molecule has 17 heavy (non-hydrogen) atoms. The lowest BCUT2D eigenvalue weighted by molar-refractivity contribution is -0.0183. The molecule has 0 radical (unpaired) electrons. The van der Waals surface area contributed by atoms with Crippen molar-refractivity contribution >= 4 is 0 Å². The normalized spacial score (nSPS) is 22.9. The van der Waals surface area contributed by atoms with Gasteiger partial charge in [-0.2, -0.15) is 0 Å². The molecule has 0 aliphatic carbocycles. The Bertz CT molecular complexity index is 205. The first-order valence-corrected chi connectivity index (χ1v) is 6.27. The number of hydrogen-bond donors (Lipinski definition) is 3. The molecule has 5 heteroatoms. The summed E-state index contributed by atoms with van der Waals surface area (Å²) in [5, 5.41) is 21.8. The molecular formula is C12H25NO4. The average Bonchev–Trinajstić information content (AvgIpc) is 2.80. The lowest BCUT2D eigenvalue weighted by atomic mass is 10.1. The van der Waals surface area contributed by atoms with E-state index in [4.69, 9.17) is 14.6 Å². The van der Waals surface area contributed by atoms with E-state index < -0.39 is 6.10 Å². The minimum atomic E-state index is -0.553. The van der Waals surface area contributed by atoms with Crippen LogP contribution in [-0.4, -0.2) is 60.9 Å². The topological polar surface area (TPSA) is 71.0 Å². The first-order valence-electron chi connectivity index (χ1n) is 6.27. The van der Waals surface area contributed by atoms with Gasteiger partial charge in [0, 0.05) is 18.7 Å². The fourth-order valence-electron chi connectivity index (χ4n) is 1.62. The van der Waals surface area contributed by atoms with Gasteiger partial charge in [-0.3, -0.25) is 0 Å². The van der Waals surface area contributed by atoms with Crippen molar-refractivity contribution < 1.29 is 19.7 Å². The van der Waals surface area contributed by atoms with Crippen molar-refractivity contribution in [1.82, 2.24) is 5.32 Å². The molecule has 1 rings (SSSR count). The quantitative estimate of drug-likeness (QED) is 0.559. The van der Waals surface area contributed by atoms with Gasteiger partial charge in [0.1, 0.15) is 0 Å². The SMILES string of the molecule is CC(C)(CO)NCC(O)COCC1CCCO1. The molecule has 102 valence electrons. The van der Waals surface area contributed by atoms with E-state index in [0.717, 1.165) is 19.4 Å². The number of aliphatic hydroxyl groups is 2. The molecule has 0 aromatic carbocycles. The Morgan fingerprint density at radius 2 is 2.29 bits per heavy atom. The highest BCUT2D eigenvalue weighted by molar-refractivity contribution is 4.77. The lowest BCUT2D eigenvalue weighted by Crippen LogP contribution is -2.47. The van der Waals surface area contributed by atoms with Crippen LogP contribution in [0.15, 0.2) is 0 Å². The van der Waals surface area contributed by atoms with E-state index in [1.54, 1.807) is 0 Å². The third kappa shape index (κ3) is 6.33. The van der Waals surface area contributed by atoms with E-state index in [1.165, 1.54) is 0 Å². The molecule has 0 saturated carbocycles. The Hall–Kier alpha value is -0.200. The second kappa shape index (κ2) is 7.28. The number of nitrogens with one attached hydrogen (secondary N) is 1. The van der Waals surface area contributed by atoms with Crippen LogP contribution in [0, 0.1) is 0 Å². The second-order valence-corrected chi connectivity index (χ2v) is 5.25. The predicted octanol–water partition coefficient (Wildman–Crippen LogP) is -0.0966. The summed E-state index contributed by atoms with van der Waals surface area (Å²) >= 11 is 0. The summed E-state index contributed by atoms with van der Waals surface area (Å²) in [4.78, 5) is 0. The van der Waals surface area contributed by atoms with Crippen LogP contribution in [0.3, 0.4) is 0 Å². The van der Waals surface area contributed by atoms with Crippen molar-refractivity contribution in [2.24, 2.45) is 0 Å². The molecule has 0 spiro atoms. The van der Waals surface area contributed by atoms with Gasteiger partial charge in [0.15, 0.2) is 0 Å². The van der Waals surface area contributed by atoms with Gasteiger partial charge < -0.3 is 25.0 Å². The number of rotatable bonds is 8. The summed E-state index contributed by atoms with van der Waals surface area (Å²) in [5.41, 5.74) is -0.366. The molecule has 0 bridgehead atoms. The Morgan fingerprint density at radius 3 is 2.88 bits per heavy atom. The van der Waals surface area contributed by atoms with Gasteiger partial charge in [0.05, 0.1) is 32.0 Å². The number of β-amino-alcohol motifs (C(OH)–C–C–N with tert-alkyl or cyclic N) is 1. The maximum Gasteiger partial charge on any atom is 0.0897 e. The summed E-state index contributed by atoms with van der Waals surface area (Å²) in [6, 6.07) is 0. The Labute approximate surface area is 103 Å². The second-order valence-electron chi connectivity index (χ2n) is 5.25. The molecule has 1 heterocycles. The standard InChI is InChI=1S/C12H25NO4/c1-12(2,9-14)13-6-10(15)7-16-8-11-4-3-5-17-11/h10-11,13-15H,3-9H2,1-2H3. The summed E-state index contributed by atoms with van der Waals surface area (Å²) in [6.07, 6.45) is 1.79. The Balaban J connectivity index is 2.02. The molecule has 2 unspecified atom stereocenters. The van der Waals surface area contributed by atoms with Crippen molar-refractivity contribution in [1.29, 1.82) is 0 Å². The largest absolute Gasteiger partial charge is 0.394 e. The summed E-state index contributed by atoms with van der Waals surface area (Å²) in [6.45, 7) is 5.90. The molecule has 2 atom stereocenters. The van der Waals surface area contributed by atoms with E-state index >= 15 is 0 Å². The molecule has 0 aromatic rings. The predicted molar refractivity (Wildman–Crippen MR) is 65.0 cm³/mol. The van der Waals surface area contributed by atoms with Gasteiger partial charge in [0.2, 0.25) is 0 Å². The summed E-state index contributed by atoms with van der Waals surface area (Å²) in [7, 11) is 0. The molecule has 1 saturated heterocycles. The Morgan fingerprint density at radius 1 is 1.53 bits per heavy atom. The first-order chi connectivity index (χ1) is 8.03. The molecule has 1 aliphatic heterocycles. The number of ether oxygens (including phenoxy) is 2. The number of hydrogen-bond acceptors (Lipinski definition) is 5. The molecular weight excluding hydrogens is 222 g/mol. The molecule has 5 nitrogen and oxygen atoms in total. The van der Waals surface area contributed by atoms with Gasteiger partial charge in [-0.1, -0.05) is 0 Å². The van der Waals surface area contributed by atoms with E-state index in [0.29, 0.717) is 19.8 Å². The van der Waals surface area contributed by atoms with Crippen molar-refractivity contribution in [2.75, 3.05) is 33.0 Å². The maximum absolute atomic E-state index is 9.67. The zero-order valence-electron chi connectivity index (χ0n) is 10.8. The highest BCUT2D eigenvalue weighted by atomic mass is 16.5. The Kier molecular flexibility index (Phi) is 6.37. The monoisotopic (exact) mass is 247 g/mol. The third-order valence-electron chi connectivity index (χ3n) is 2.85. The van der Waals surface area contributed by atoms with E-state index in [-0.39, 0.29) is 18.2 Å². The summed E-state index contributed by atoms with van der Waals surface area (Å²) in [5.74, 6) is 0. The average molecular weight is 247 g/mol. The van der Waals surface area contributed by atoms with Crippen LogP contribution >= 0.6 is 0 Å². The van der Waals surface area contributed by atoms with Crippen LogP contribution in [0.2, 0.25) is 0 Å². The minimum Gasteiger partial charge on any atom is -0.394 e. The van der Waals surface area contributed by atoms with Gasteiger partial charge in [-0.05, 0) is 26.7 Å². The van der Waals surface area contributed by atoms with Crippen molar-refractivity contribution in [3.8, 4) is 0 Å².